The second-order valence-electron chi connectivity index (χ2n) is 9.16. The molecule has 0 aliphatic heterocycles. The molecule has 0 saturated carbocycles. The van der Waals surface area contributed by atoms with E-state index in [0.717, 1.165) is 0 Å². The molecule has 7 aromatic rings. The van der Waals surface area contributed by atoms with E-state index in [4.69, 9.17) is 0 Å². The second kappa shape index (κ2) is 7.10. The van der Waals surface area contributed by atoms with Crippen molar-refractivity contribution in [3.05, 3.63) is 120 Å². The Hall–Kier alpha value is -4.30. The maximum atomic E-state index is 2.43. The van der Waals surface area contributed by atoms with Gasteiger partial charge in [-0.2, -0.15) is 0 Å². The van der Waals surface area contributed by atoms with Crippen LogP contribution in [0.15, 0.2) is 109 Å². The number of para-hydroxylation sites is 3. The Kier molecular flexibility index (Phi) is 4.01. The predicted molar refractivity (Wildman–Crippen MR) is 145 cm³/mol. The zero-order chi connectivity index (χ0) is 22.8. The summed E-state index contributed by atoms with van der Waals surface area (Å²) in [7, 11) is 0. The third-order valence-electron chi connectivity index (χ3n) is 7.17. The van der Waals surface area contributed by atoms with Crippen molar-refractivity contribution >= 4 is 43.6 Å². The Bertz CT molecular complexity index is 1830. The first-order chi connectivity index (χ1) is 16.7. The molecular weight excluding hydrogens is 412 g/mol. The molecule has 2 nitrogen and oxygen atoms in total. The van der Waals surface area contributed by atoms with Gasteiger partial charge in [0.25, 0.3) is 0 Å². The lowest BCUT2D eigenvalue weighted by molar-refractivity contribution is 1.09. The number of benzene rings is 5. The highest BCUT2D eigenvalue weighted by Gasteiger charge is 2.18. The smallest absolute Gasteiger partial charge is 0.0541 e. The molecule has 0 spiro atoms. The van der Waals surface area contributed by atoms with Gasteiger partial charge in [0, 0.05) is 21.5 Å². The van der Waals surface area contributed by atoms with Crippen LogP contribution in [0.3, 0.4) is 0 Å². The quantitative estimate of drug-likeness (QED) is 0.257. The van der Waals surface area contributed by atoms with Crippen molar-refractivity contribution in [2.24, 2.45) is 0 Å². The molecule has 0 fully saturated rings. The molecule has 2 heterocycles. The first-order valence-electron chi connectivity index (χ1n) is 11.8. The summed E-state index contributed by atoms with van der Waals surface area (Å²) in [6.07, 6.45) is 0. The molecule has 162 valence electrons. The molecule has 0 unspecified atom stereocenters. The molecule has 5 aromatic carbocycles. The van der Waals surface area contributed by atoms with Crippen LogP contribution < -0.4 is 0 Å². The zero-order valence-electron chi connectivity index (χ0n) is 19.3. The Labute approximate surface area is 198 Å². The maximum absolute atomic E-state index is 2.43. The molecule has 0 bridgehead atoms. The first kappa shape index (κ1) is 19.2. The molecule has 7 rings (SSSR count). The van der Waals surface area contributed by atoms with E-state index in [1.807, 2.05) is 0 Å². The van der Waals surface area contributed by atoms with E-state index in [-0.39, 0.29) is 0 Å². The van der Waals surface area contributed by atoms with Crippen LogP contribution in [-0.4, -0.2) is 9.13 Å². The highest BCUT2D eigenvalue weighted by atomic mass is 15.0. The Balaban J connectivity index is 1.59. The third-order valence-corrected chi connectivity index (χ3v) is 7.17. The summed E-state index contributed by atoms with van der Waals surface area (Å²) in [6.45, 7) is 4.42. The van der Waals surface area contributed by atoms with Crippen molar-refractivity contribution in [2.75, 3.05) is 0 Å². The van der Waals surface area contributed by atoms with Crippen LogP contribution in [0.25, 0.3) is 55.0 Å². The van der Waals surface area contributed by atoms with Gasteiger partial charge in [-0.15, -0.1) is 0 Å². The number of hydrogen-bond acceptors (Lipinski definition) is 0. The number of rotatable bonds is 2. The number of nitrogens with zero attached hydrogens (tertiary/aromatic N) is 2. The number of aromatic nitrogens is 2. The normalized spacial score (nSPS) is 11.8. The van der Waals surface area contributed by atoms with Gasteiger partial charge in [-0.3, -0.25) is 0 Å². The minimum Gasteiger partial charge on any atom is -0.309 e. The lowest BCUT2D eigenvalue weighted by atomic mass is 10.1. The minimum atomic E-state index is 1.22. The van der Waals surface area contributed by atoms with Gasteiger partial charge in [-0.05, 0) is 61.9 Å². The summed E-state index contributed by atoms with van der Waals surface area (Å²) in [5, 5.41) is 5.17. The van der Waals surface area contributed by atoms with Gasteiger partial charge in [-0.1, -0.05) is 72.3 Å². The van der Waals surface area contributed by atoms with Crippen molar-refractivity contribution in [2.45, 2.75) is 13.8 Å². The van der Waals surface area contributed by atoms with Crippen LogP contribution in [0.4, 0.5) is 0 Å². The Morgan fingerprint density at radius 3 is 1.38 bits per heavy atom. The van der Waals surface area contributed by atoms with Crippen LogP contribution in [0.1, 0.15) is 11.1 Å². The molecule has 0 aliphatic carbocycles. The molecule has 0 N–H and O–H groups in total. The highest BCUT2D eigenvalue weighted by molar-refractivity contribution is 6.10. The summed E-state index contributed by atoms with van der Waals surface area (Å²) in [6, 6.07) is 39.6. The lowest BCUT2D eigenvalue weighted by Crippen LogP contribution is -2.03. The molecule has 0 aliphatic rings. The topological polar surface area (TPSA) is 9.86 Å². The van der Waals surface area contributed by atoms with E-state index >= 15 is 0 Å². The van der Waals surface area contributed by atoms with Crippen molar-refractivity contribution < 1.29 is 0 Å². The van der Waals surface area contributed by atoms with E-state index in [1.54, 1.807) is 0 Å². The van der Waals surface area contributed by atoms with Crippen molar-refractivity contribution in [3.63, 3.8) is 0 Å². The van der Waals surface area contributed by atoms with E-state index in [0.29, 0.717) is 0 Å². The number of aryl methyl sites for hydroxylation is 1. The summed E-state index contributed by atoms with van der Waals surface area (Å²) in [4.78, 5) is 0. The maximum Gasteiger partial charge on any atom is 0.0541 e. The van der Waals surface area contributed by atoms with Gasteiger partial charge in [0.15, 0.2) is 0 Å². The predicted octanol–water partition coefficient (Wildman–Crippen LogP) is 8.50. The van der Waals surface area contributed by atoms with E-state index in [9.17, 15) is 0 Å². The van der Waals surface area contributed by atoms with E-state index in [2.05, 4.69) is 132 Å². The molecule has 0 radical (unpaired) electrons. The van der Waals surface area contributed by atoms with Gasteiger partial charge < -0.3 is 9.13 Å². The second-order valence-corrected chi connectivity index (χ2v) is 9.16. The SMILES string of the molecule is Cc1ccc2c(c1)c1ccccc1n2-c1cccc(-n2c3ccccc3c3ccccc32)c1C. The molecule has 0 saturated heterocycles. The fourth-order valence-electron chi connectivity index (χ4n) is 5.62. The zero-order valence-corrected chi connectivity index (χ0v) is 19.3. The average Bonchev–Trinajstić information content (AvgIpc) is 3.37. The fraction of sp³-hybridized carbons (Fsp3) is 0.0625. The summed E-state index contributed by atoms with van der Waals surface area (Å²) < 4.78 is 4.85. The Morgan fingerprint density at radius 1 is 0.412 bits per heavy atom. The van der Waals surface area contributed by atoms with Crippen molar-refractivity contribution in [3.8, 4) is 11.4 Å². The molecule has 2 aromatic heterocycles. The van der Waals surface area contributed by atoms with Crippen LogP contribution in [0.2, 0.25) is 0 Å². The number of fused-ring (bicyclic) bond motifs is 6. The van der Waals surface area contributed by atoms with E-state index < -0.39 is 0 Å². The Morgan fingerprint density at radius 2 is 0.853 bits per heavy atom. The monoisotopic (exact) mass is 436 g/mol. The lowest BCUT2D eigenvalue weighted by Gasteiger charge is -2.17. The van der Waals surface area contributed by atoms with Gasteiger partial charge in [0.1, 0.15) is 0 Å². The van der Waals surface area contributed by atoms with Crippen LogP contribution in [0.5, 0.6) is 0 Å². The average molecular weight is 437 g/mol. The molecular formula is C32H24N2. The van der Waals surface area contributed by atoms with Gasteiger partial charge in [0.2, 0.25) is 0 Å². The fourth-order valence-corrected chi connectivity index (χ4v) is 5.62. The van der Waals surface area contributed by atoms with E-state index in [1.165, 1.54) is 66.1 Å². The van der Waals surface area contributed by atoms with Crippen LogP contribution in [0, 0.1) is 13.8 Å². The number of hydrogen-bond donors (Lipinski definition) is 0. The van der Waals surface area contributed by atoms with Crippen LogP contribution >= 0.6 is 0 Å². The highest BCUT2D eigenvalue weighted by Crippen LogP contribution is 2.37. The standard InChI is InChI=1S/C32H24N2/c1-21-18-19-32-26(20-21)25-12-5-8-15-31(25)34(32)28-17-9-16-27(22(28)2)33-29-13-6-3-10-23(29)24-11-4-7-14-30(24)33/h3-20H,1-2H3. The molecule has 34 heavy (non-hydrogen) atoms. The van der Waals surface area contributed by atoms with Crippen molar-refractivity contribution in [1.82, 2.24) is 9.13 Å². The summed E-state index contributed by atoms with van der Waals surface area (Å²) in [5.74, 6) is 0. The van der Waals surface area contributed by atoms with Gasteiger partial charge in [0.05, 0.1) is 33.4 Å². The summed E-state index contributed by atoms with van der Waals surface area (Å²) >= 11 is 0. The first-order valence-corrected chi connectivity index (χ1v) is 11.8. The van der Waals surface area contributed by atoms with Crippen LogP contribution in [-0.2, 0) is 0 Å². The molecule has 0 amide bonds. The largest absolute Gasteiger partial charge is 0.309 e. The van der Waals surface area contributed by atoms with Gasteiger partial charge >= 0.3 is 0 Å². The molecule has 2 heteroatoms. The van der Waals surface area contributed by atoms with Gasteiger partial charge in [-0.25, -0.2) is 0 Å². The van der Waals surface area contributed by atoms with Crippen molar-refractivity contribution in [1.29, 1.82) is 0 Å². The molecule has 0 atom stereocenters. The third kappa shape index (κ3) is 2.57. The minimum absolute atomic E-state index is 1.22. The summed E-state index contributed by atoms with van der Waals surface area (Å²) in [5.41, 5.74) is 9.94.